The van der Waals surface area contributed by atoms with Gasteiger partial charge >= 0.3 is 0 Å². The number of nitrogen functional groups attached to an aromatic ring is 1. The molecule has 0 aliphatic rings. The molecule has 4 heteroatoms. The van der Waals surface area contributed by atoms with Crippen LogP contribution in [0.1, 0.15) is 30.5 Å². The molecule has 0 aliphatic carbocycles. The van der Waals surface area contributed by atoms with E-state index in [1.54, 1.807) is 12.1 Å². The van der Waals surface area contributed by atoms with Gasteiger partial charge in [-0.2, -0.15) is 0 Å². The number of hydrogen-bond acceptors (Lipinski definition) is 2. The number of nitrogens with one attached hydrogen (secondary N) is 1. The molecule has 0 radical (unpaired) electrons. The first-order valence-corrected chi connectivity index (χ1v) is 7.35. The molecule has 0 heterocycles. The molecule has 3 nitrogen and oxygen atoms in total. The number of amides is 1. The summed E-state index contributed by atoms with van der Waals surface area (Å²) < 4.78 is 0. The number of benzene rings is 2. The third-order valence-electron chi connectivity index (χ3n) is 3.34. The van der Waals surface area contributed by atoms with Gasteiger partial charge < -0.3 is 11.1 Å². The minimum Gasteiger partial charge on any atom is -0.399 e. The fraction of sp³-hybridized carbons (Fsp3) is 0.235. The Hall–Kier alpha value is -2.00. The van der Waals surface area contributed by atoms with Crippen LogP contribution in [0.25, 0.3) is 0 Å². The molecular weight excluding hydrogens is 284 g/mol. The van der Waals surface area contributed by atoms with E-state index in [1.165, 1.54) is 0 Å². The first-order valence-electron chi connectivity index (χ1n) is 6.97. The van der Waals surface area contributed by atoms with Crippen molar-refractivity contribution in [1.82, 2.24) is 5.32 Å². The van der Waals surface area contributed by atoms with E-state index < -0.39 is 0 Å². The molecule has 110 valence electrons. The van der Waals surface area contributed by atoms with Crippen molar-refractivity contribution in [3.63, 3.8) is 0 Å². The molecule has 0 fully saturated rings. The Bertz CT molecular complexity index is 610. The van der Waals surface area contributed by atoms with Crippen molar-refractivity contribution in [2.24, 2.45) is 0 Å². The number of halogens is 1. The molecule has 0 saturated heterocycles. The summed E-state index contributed by atoms with van der Waals surface area (Å²) in [4.78, 5) is 12.1. The van der Waals surface area contributed by atoms with E-state index >= 15 is 0 Å². The topological polar surface area (TPSA) is 55.1 Å². The van der Waals surface area contributed by atoms with Crippen molar-refractivity contribution in [1.29, 1.82) is 0 Å². The lowest BCUT2D eigenvalue weighted by Gasteiger charge is -2.18. The minimum absolute atomic E-state index is 0.00778. The minimum atomic E-state index is -0.0232. The molecule has 2 aromatic rings. The molecule has 3 N–H and O–H groups in total. The molecule has 1 unspecified atom stereocenters. The first kappa shape index (κ1) is 15.4. The number of carbonyl (C=O) groups excluding carboxylic acids is 1. The third kappa shape index (κ3) is 4.50. The number of anilines is 1. The van der Waals surface area contributed by atoms with Crippen molar-refractivity contribution in [2.45, 2.75) is 25.8 Å². The molecule has 0 aromatic heterocycles. The number of carbonyl (C=O) groups is 1. The summed E-state index contributed by atoms with van der Waals surface area (Å²) in [5, 5.41) is 3.72. The van der Waals surface area contributed by atoms with E-state index in [9.17, 15) is 4.79 Å². The van der Waals surface area contributed by atoms with E-state index in [0.717, 1.165) is 17.5 Å². The molecule has 2 rings (SSSR count). The van der Waals surface area contributed by atoms with Crippen molar-refractivity contribution in [3.05, 3.63) is 64.7 Å². The number of hydrogen-bond donors (Lipinski definition) is 2. The second-order valence-electron chi connectivity index (χ2n) is 5.00. The van der Waals surface area contributed by atoms with Gasteiger partial charge in [-0.25, -0.2) is 0 Å². The van der Waals surface area contributed by atoms with Gasteiger partial charge in [0.25, 0.3) is 0 Å². The highest BCUT2D eigenvalue weighted by atomic mass is 35.5. The summed E-state index contributed by atoms with van der Waals surface area (Å²) in [6.07, 6.45) is 1.16. The van der Waals surface area contributed by atoms with Crippen LogP contribution in [0.3, 0.4) is 0 Å². The van der Waals surface area contributed by atoms with Gasteiger partial charge in [0.05, 0.1) is 12.5 Å². The van der Waals surface area contributed by atoms with E-state index in [2.05, 4.69) is 5.32 Å². The summed E-state index contributed by atoms with van der Waals surface area (Å²) in [5.41, 5.74) is 8.31. The normalized spacial score (nSPS) is 11.9. The SMILES string of the molecule is CCC(NC(=O)Cc1ccc(N)cc1)c1cccc(Cl)c1. The van der Waals surface area contributed by atoms with Crippen molar-refractivity contribution in [2.75, 3.05) is 5.73 Å². The molecule has 21 heavy (non-hydrogen) atoms. The van der Waals surface area contributed by atoms with Crippen LogP contribution in [0.2, 0.25) is 5.02 Å². The maximum absolute atomic E-state index is 12.1. The van der Waals surface area contributed by atoms with Gasteiger partial charge in [0.2, 0.25) is 5.91 Å². The van der Waals surface area contributed by atoms with Crippen LogP contribution in [0.4, 0.5) is 5.69 Å². The molecule has 0 spiro atoms. The van der Waals surface area contributed by atoms with Crippen LogP contribution in [0.15, 0.2) is 48.5 Å². The Balaban J connectivity index is 2.01. The smallest absolute Gasteiger partial charge is 0.224 e. The van der Waals surface area contributed by atoms with Crippen LogP contribution in [0, 0.1) is 0 Å². The van der Waals surface area contributed by atoms with E-state index in [4.69, 9.17) is 17.3 Å². The average molecular weight is 303 g/mol. The van der Waals surface area contributed by atoms with Crippen molar-refractivity contribution >= 4 is 23.2 Å². The standard InChI is InChI=1S/C17H19ClN2O/c1-2-16(13-4-3-5-14(18)11-13)20-17(21)10-12-6-8-15(19)9-7-12/h3-9,11,16H,2,10,19H2,1H3,(H,20,21). The zero-order valence-corrected chi connectivity index (χ0v) is 12.7. The van der Waals surface area contributed by atoms with Gasteiger partial charge in [-0.3, -0.25) is 4.79 Å². The zero-order valence-electron chi connectivity index (χ0n) is 12.0. The summed E-state index contributed by atoms with van der Waals surface area (Å²) in [6.45, 7) is 2.04. The highest BCUT2D eigenvalue weighted by molar-refractivity contribution is 6.30. The Morgan fingerprint density at radius 1 is 1.24 bits per heavy atom. The van der Waals surface area contributed by atoms with E-state index in [-0.39, 0.29) is 11.9 Å². The monoisotopic (exact) mass is 302 g/mol. The van der Waals surface area contributed by atoms with Gasteiger partial charge in [-0.05, 0) is 41.8 Å². The average Bonchev–Trinajstić information content (AvgIpc) is 2.47. The molecule has 1 amide bonds. The Labute approximate surface area is 130 Å². The predicted molar refractivity (Wildman–Crippen MR) is 87.2 cm³/mol. The summed E-state index contributed by atoms with van der Waals surface area (Å²) in [6, 6.07) is 14.9. The van der Waals surface area contributed by atoms with Crippen molar-refractivity contribution < 1.29 is 4.79 Å². The maximum atomic E-state index is 12.1. The highest BCUT2D eigenvalue weighted by Gasteiger charge is 2.13. The Kier molecular flexibility index (Phi) is 5.23. The number of rotatable bonds is 5. The highest BCUT2D eigenvalue weighted by Crippen LogP contribution is 2.20. The quantitative estimate of drug-likeness (QED) is 0.827. The Morgan fingerprint density at radius 3 is 2.57 bits per heavy atom. The molecular formula is C17H19ClN2O. The van der Waals surface area contributed by atoms with Crippen LogP contribution in [-0.2, 0) is 11.2 Å². The third-order valence-corrected chi connectivity index (χ3v) is 3.57. The lowest BCUT2D eigenvalue weighted by Crippen LogP contribution is -2.29. The lowest BCUT2D eigenvalue weighted by atomic mass is 10.0. The Morgan fingerprint density at radius 2 is 1.95 bits per heavy atom. The summed E-state index contributed by atoms with van der Waals surface area (Å²) in [5.74, 6) is -0.00778. The summed E-state index contributed by atoms with van der Waals surface area (Å²) in [7, 11) is 0. The van der Waals surface area contributed by atoms with Crippen LogP contribution >= 0.6 is 11.6 Å². The number of nitrogens with two attached hydrogens (primary N) is 1. The molecule has 1 atom stereocenters. The largest absolute Gasteiger partial charge is 0.399 e. The maximum Gasteiger partial charge on any atom is 0.224 e. The summed E-state index contributed by atoms with van der Waals surface area (Å²) >= 11 is 6.00. The van der Waals surface area contributed by atoms with Gasteiger partial charge in [0, 0.05) is 10.7 Å². The fourth-order valence-corrected chi connectivity index (χ4v) is 2.41. The van der Waals surface area contributed by atoms with Gasteiger partial charge in [-0.1, -0.05) is 42.8 Å². The second-order valence-corrected chi connectivity index (χ2v) is 5.44. The van der Waals surface area contributed by atoms with Gasteiger partial charge in [0.15, 0.2) is 0 Å². The van der Waals surface area contributed by atoms with Gasteiger partial charge in [-0.15, -0.1) is 0 Å². The molecule has 0 aliphatic heterocycles. The van der Waals surface area contributed by atoms with Crippen molar-refractivity contribution in [3.8, 4) is 0 Å². The first-order chi connectivity index (χ1) is 10.1. The molecule has 0 saturated carbocycles. The predicted octanol–water partition coefficient (Wildman–Crippen LogP) is 3.73. The van der Waals surface area contributed by atoms with Crippen LogP contribution in [0.5, 0.6) is 0 Å². The fourth-order valence-electron chi connectivity index (χ4n) is 2.21. The van der Waals surface area contributed by atoms with Crippen LogP contribution < -0.4 is 11.1 Å². The van der Waals surface area contributed by atoms with E-state index in [1.807, 2.05) is 43.3 Å². The zero-order chi connectivity index (χ0) is 15.2. The second kappa shape index (κ2) is 7.14. The van der Waals surface area contributed by atoms with Gasteiger partial charge in [0.1, 0.15) is 0 Å². The molecule has 2 aromatic carbocycles. The lowest BCUT2D eigenvalue weighted by molar-refractivity contribution is -0.121. The molecule has 0 bridgehead atoms. The van der Waals surface area contributed by atoms with E-state index in [0.29, 0.717) is 17.1 Å². The van der Waals surface area contributed by atoms with Crippen LogP contribution in [-0.4, -0.2) is 5.91 Å².